The van der Waals surface area contributed by atoms with Crippen molar-refractivity contribution in [2.45, 2.75) is 102 Å². The van der Waals surface area contributed by atoms with Crippen LogP contribution in [0.15, 0.2) is 47.8 Å². The summed E-state index contributed by atoms with van der Waals surface area (Å²) in [6, 6.07) is 3.76. The first-order valence-electron chi connectivity index (χ1n) is 18.9. The van der Waals surface area contributed by atoms with E-state index in [1.807, 2.05) is 44.2 Å². The second-order valence-corrected chi connectivity index (χ2v) is 14.4. The molecular weight excluding hydrogens is 726 g/mol. The summed E-state index contributed by atoms with van der Waals surface area (Å²) < 4.78 is 5.98. The smallest absolute Gasteiger partial charge is 0.329 e. The maximum absolute atomic E-state index is 14.2. The Labute approximate surface area is 325 Å². The number of guanidine groups is 1. The van der Waals surface area contributed by atoms with Crippen molar-refractivity contribution in [3.8, 4) is 0 Å². The number of likely N-dealkylation sites (tertiary alicyclic amines) is 2. The van der Waals surface area contributed by atoms with Gasteiger partial charge in [-0.3, -0.25) is 29.0 Å². The summed E-state index contributed by atoms with van der Waals surface area (Å²) in [6.45, 7) is 4.07. The van der Waals surface area contributed by atoms with Crippen LogP contribution in [0.3, 0.4) is 0 Å². The number of hydrogen-bond acceptors (Lipinski definition) is 10. The molecule has 0 aliphatic carbocycles. The number of carbonyl (C=O) groups is 6. The zero-order valence-electron chi connectivity index (χ0n) is 31.9. The second-order valence-electron chi connectivity index (χ2n) is 14.4. The van der Waals surface area contributed by atoms with Crippen molar-refractivity contribution in [2.24, 2.45) is 28.1 Å². The van der Waals surface area contributed by atoms with E-state index in [1.165, 1.54) is 22.3 Å². The van der Waals surface area contributed by atoms with Gasteiger partial charge in [-0.15, -0.1) is 0 Å². The van der Waals surface area contributed by atoms with Crippen LogP contribution < -0.4 is 33.2 Å². The van der Waals surface area contributed by atoms with Crippen LogP contribution in [0.2, 0.25) is 0 Å². The average molecular weight is 782 g/mol. The molecule has 5 amide bonds. The Morgan fingerprint density at radius 1 is 0.982 bits per heavy atom. The van der Waals surface area contributed by atoms with Crippen molar-refractivity contribution in [3.63, 3.8) is 0 Å². The molecule has 0 spiro atoms. The van der Waals surface area contributed by atoms with Gasteiger partial charge in [-0.1, -0.05) is 44.2 Å². The van der Waals surface area contributed by atoms with Gasteiger partial charge in [0.15, 0.2) is 12.0 Å². The first-order valence-corrected chi connectivity index (χ1v) is 18.9. The fourth-order valence-corrected chi connectivity index (χ4v) is 7.03. The summed E-state index contributed by atoms with van der Waals surface area (Å²) in [7, 11) is 0. The predicted molar refractivity (Wildman–Crippen MR) is 204 cm³/mol. The van der Waals surface area contributed by atoms with Crippen LogP contribution in [-0.4, -0.2) is 129 Å². The van der Waals surface area contributed by atoms with Crippen molar-refractivity contribution in [1.29, 1.82) is 0 Å². The number of nitrogens with zero attached hydrogens (tertiary/aromatic N) is 4. The van der Waals surface area contributed by atoms with Crippen LogP contribution >= 0.6 is 0 Å². The Balaban J connectivity index is 1.49. The molecule has 306 valence electrons. The Morgan fingerprint density at radius 2 is 1.71 bits per heavy atom. The van der Waals surface area contributed by atoms with E-state index in [0.717, 1.165) is 5.56 Å². The lowest BCUT2D eigenvalue weighted by molar-refractivity contribution is -0.154. The van der Waals surface area contributed by atoms with Gasteiger partial charge in [0.05, 0.1) is 25.6 Å². The van der Waals surface area contributed by atoms with E-state index >= 15 is 0 Å². The molecule has 2 aliphatic rings. The standard InChI is InChI=1S/C37H55N11O8/c1-22(2)16-27(35(53)48-15-12-29(31(48)36(54)55)56-20-23-8-4-3-5-9-23)46-33(51)28-11-7-14-47(28)34(52)25(10-6-13-42-37(39)40)45-32(50)26(44-30(49)18-38)17-24-19-41-21-43-24/h3-5,8-9,19,21-22,25-29,31H,6-7,10-18,20,38H2,1-2H3,(H,41,43)(H,44,49)(H,45,50)(H,46,51)(H,54,55)(H4,39,40,42)/t25-,26-,27-,28-,29?,31-/m0/s1. The van der Waals surface area contributed by atoms with Gasteiger partial charge in [-0.05, 0) is 50.0 Å². The number of aromatic nitrogens is 2. The number of benzene rings is 1. The van der Waals surface area contributed by atoms with Gasteiger partial charge in [-0.2, -0.15) is 0 Å². The van der Waals surface area contributed by atoms with Crippen molar-refractivity contribution < 1.29 is 38.6 Å². The van der Waals surface area contributed by atoms with E-state index in [9.17, 15) is 33.9 Å². The maximum Gasteiger partial charge on any atom is 0.329 e. The lowest BCUT2D eigenvalue weighted by atomic mass is 10.0. The number of carbonyl (C=O) groups excluding carboxylic acids is 5. The Kier molecular flexibility index (Phi) is 16.1. The summed E-state index contributed by atoms with van der Waals surface area (Å²) in [5.74, 6) is -4.30. The highest BCUT2D eigenvalue weighted by Crippen LogP contribution is 2.26. The van der Waals surface area contributed by atoms with Gasteiger partial charge in [0, 0.05) is 37.9 Å². The number of carboxylic acids is 1. The molecule has 2 aromatic rings. The van der Waals surface area contributed by atoms with Crippen molar-refractivity contribution >= 4 is 41.5 Å². The third kappa shape index (κ3) is 12.2. The normalized spacial score (nSPS) is 19.5. The van der Waals surface area contributed by atoms with E-state index < -0.39 is 71.8 Å². The average Bonchev–Trinajstić information content (AvgIpc) is 3.96. The molecule has 0 bridgehead atoms. The zero-order chi connectivity index (χ0) is 40.8. The number of nitrogens with two attached hydrogens (primary N) is 3. The number of nitrogens with one attached hydrogen (secondary N) is 4. The van der Waals surface area contributed by atoms with Crippen LogP contribution in [0, 0.1) is 5.92 Å². The number of ether oxygens (including phenoxy) is 1. The molecule has 19 nitrogen and oxygen atoms in total. The highest BCUT2D eigenvalue weighted by atomic mass is 16.5. The molecule has 0 saturated carbocycles. The molecule has 6 atom stereocenters. The van der Waals surface area contributed by atoms with Gasteiger partial charge < -0.3 is 57.8 Å². The third-order valence-electron chi connectivity index (χ3n) is 9.72. The number of aliphatic imine (C=N–C) groups is 1. The van der Waals surface area contributed by atoms with E-state index in [0.29, 0.717) is 31.4 Å². The number of aromatic amines is 1. The molecule has 4 rings (SSSR count). The number of carboxylic acid groups (broad SMARTS) is 1. The Hall–Kier alpha value is -5.56. The van der Waals surface area contributed by atoms with Gasteiger partial charge in [-0.25, -0.2) is 9.78 Å². The molecule has 2 saturated heterocycles. The first kappa shape index (κ1) is 43.2. The van der Waals surface area contributed by atoms with Crippen LogP contribution in [0.1, 0.15) is 63.6 Å². The van der Waals surface area contributed by atoms with Crippen LogP contribution in [-0.2, 0) is 46.5 Å². The first-order chi connectivity index (χ1) is 26.8. The molecule has 2 aliphatic heterocycles. The summed E-state index contributed by atoms with van der Waals surface area (Å²) in [5, 5.41) is 18.4. The van der Waals surface area contributed by atoms with Crippen LogP contribution in [0.25, 0.3) is 0 Å². The summed E-state index contributed by atoms with van der Waals surface area (Å²) >= 11 is 0. The molecule has 0 radical (unpaired) electrons. The summed E-state index contributed by atoms with van der Waals surface area (Å²) in [6.07, 6.45) is 3.89. The molecule has 2 fully saturated rings. The quantitative estimate of drug-likeness (QED) is 0.0443. The molecule has 11 N–H and O–H groups in total. The van der Waals surface area contributed by atoms with Gasteiger partial charge in [0.2, 0.25) is 29.5 Å². The Bertz CT molecular complexity index is 1670. The molecule has 1 aromatic carbocycles. The highest BCUT2D eigenvalue weighted by Gasteiger charge is 2.46. The highest BCUT2D eigenvalue weighted by molar-refractivity contribution is 5.96. The minimum Gasteiger partial charge on any atom is -0.480 e. The van der Waals surface area contributed by atoms with Gasteiger partial charge >= 0.3 is 5.97 Å². The largest absolute Gasteiger partial charge is 0.480 e. The second kappa shape index (κ2) is 20.9. The zero-order valence-corrected chi connectivity index (χ0v) is 31.9. The van der Waals surface area contributed by atoms with E-state index in [4.69, 9.17) is 21.9 Å². The van der Waals surface area contributed by atoms with Crippen molar-refractivity contribution in [1.82, 2.24) is 35.7 Å². The van der Waals surface area contributed by atoms with Crippen LogP contribution in [0.4, 0.5) is 0 Å². The predicted octanol–water partition coefficient (Wildman–Crippen LogP) is -1.27. The molecule has 19 heteroatoms. The summed E-state index contributed by atoms with van der Waals surface area (Å²) in [5.41, 5.74) is 17.9. The number of amides is 5. The van der Waals surface area contributed by atoms with E-state index in [-0.39, 0.29) is 63.9 Å². The fraction of sp³-hybridized carbons (Fsp3) is 0.568. The van der Waals surface area contributed by atoms with Gasteiger partial charge in [0.1, 0.15) is 24.2 Å². The number of H-pyrrole nitrogens is 1. The molecule has 3 heterocycles. The minimum atomic E-state index is -1.25. The number of hydrogen-bond donors (Lipinski definition) is 8. The molecule has 1 aromatic heterocycles. The van der Waals surface area contributed by atoms with E-state index in [1.54, 1.807) is 0 Å². The summed E-state index contributed by atoms with van der Waals surface area (Å²) in [4.78, 5) is 94.2. The van der Waals surface area contributed by atoms with Gasteiger partial charge in [0.25, 0.3) is 0 Å². The number of aliphatic carboxylic acids is 1. The number of imidazole rings is 1. The molecular formula is C37H55N11O8. The lowest BCUT2D eigenvalue weighted by Crippen LogP contribution is -2.59. The molecule has 1 unspecified atom stereocenters. The third-order valence-corrected chi connectivity index (χ3v) is 9.72. The lowest BCUT2D eigenvalue weighted by Gasteiger charge is -2.32. The molecule has 56 heavy (non-hydrogen) atoms. The van der Waals surface area contributed by atoms with Crippen LogP contribution in [0.5, 0.6) is 0 Å². The van der Waals surface area contributed by atoms with Crippen molar-refractivity contribution in [3.05, 3.63) is 54.1 Å². The SMILES string of the molecule is CC(C)C[C@H](NC(=O)[C@@H]1CCCN1C(=O)[C@H](CCCN=C(N)N)NC(=O)[C@H](Cc1cnc[nH]1)NC(=O)CN)C(=O)N1CCC(OCc2ccccc2)[C@H]1C(=O)O. The fourth-order valence-electron chi connectivity index (χ4n) is 7.03. The topological polar surface area (TPSA) is 294 Å². The maximum atomic E-state index is 14.2. The number of rotatable bonds is 20. The minimum absolute atomic E-state index is 0.0339. The monoisotopic (exact) mass is 781 g/mol. The Morgan fingerprint density at radius 3 is 2.36 bits per heavy atom. The van der Waals surface area contributed by atoms with Crippen molar-refractivity contribution in [2.75, 3.05) is 26.2 Å². The van der Waals surface area contributed by atoms with E-state index in [2.05, 4.69) is 30.9 Å².